The van der Waals surface area contributed by atoms with E-state index in [1.54, 1.807) is 12.1 Å². The van der Waals surface area contributed by atoms with Gasteiger partial charge in [-0.05, 0) is 17.7 Å². The summed E-state index contributed by atoms with van der Waals surface area (Å²) < 4.78 is 12.2. The summed E-state index contributed by atoms with van der Waals surface area (Å²) in [6.45, 7) is 0.840. The number of nitrogen functional groups attached to an aromatic ring is 1. The quantitative estimate of drug-likeness (QED) is 0.684. The number of nitrogens with two attached hydrogens (primary N) is 1. The Kier molecular flexibility index (Phi) is 2.84. The molecule has 1 aromatic carbocycles. The molecule has 3 nitrogen and oxygen atoms in total. The lowest BCUT2D eigenvalue weighted by molar-refractivity contribution is -0.114. The van der Waals surface area contributed by atoms with Gasteiger partial charge in [-0.25, -0.2) is 4.39 Å². The van der Waals surface area contributed by atoms with Crippen molar-refractivity contribution in [1.29, 1.82) is 0 Å². The fourth-order valence-electron chi connectivity index (χ4n) is 0.999. The van der Waals surface area contributed by atoms with Crippen LogP contribution < -0.4 is 11.1 Å². The van der Waals surface area contributed by atoms with Crippen molar-refractivity contribution in [3.05, 3.63) is 23.8 Å². The van der Waals surface area contributed by atoms with Gasteiger partial charge in [0.25, 0.3) is 0 Å². The first-order valence-corrected chi connectivity index (χ1v) is 3.85. The third-order valence-corrected chi connectivity index (χ3v) is 1.58. The van der Waals surface area contributed by atoms with Gasteiger partial charge in [0.05, 0.1) is 11.4 Å². The SMILES string of the molecule is CC(=O)Nc1ccc(CF)cc1N. The molecule has 0 aliphatic rings. The van der Waals surface area contributed by atoms with E-state index in [9.17, 15) is 9.18 Å². The Labute approximate surface area is 75.7 Å². The number of alkyl halides is 1. The van der Waals surface area contributed by atoms with Crippen LogP contribution in [0.5, 0.6) is 0 Å². The van der Waals surface area contributed by atoms with E-state index in [2.05, 4.69) is 5.32 Å². The summed E-state index contributed by atoms with van der Waals surface area (Å²) >= 11 is 0. The van der Waals surface area contributed by atoms with Crippen LogP contribution in [0, 0.1) is 0 Å². The second kappa shape index (κ2) is 3.89. The summed E-state index contributed by atoms with van der Waals surface area (Å²) in [4.78, 5) is 10.7. The molecule has 0 atom stereocenters. The van der Waals surface area contributed by atoms with Gasteiger partial charge in [-0.2, -0.15) is 0 Å². The second-order valence-corrected chi connectivity index (χ2v) is 2.74. The first-order valence-electron chi connectivity index (χ1n) is 3.85. The standard InChI is InChI=1S/C9H11FN2O/c1-6(13)12-9-3-2-7(5-10)4-8(9)11/h2-4H,5,11H2,1H3,(H,12,13). The van der Waals surface area contributed by atoms with Crippen LogP contribution in [0.15, 0.2) is 18.2 Å². The normalized spacial score (nSPS) is 9.69. The number of carbonyl (C=O) groups excluding carboxylic acids is 1. The summed E-state index contributed by atoms with van der Waals surface area (Å²) in [7, 11) is 0. The molecule has 13 heavy (non-hydrogen) atoms. The van der Waals surface area contributed by atoms with Crippen molar-refractivity contribution in [2.24, 2.45) is 0 Å². The van der Waals surface area contributed by atoms with Crippen LogP contribution in [0.25, 0.3) is 0 Å². The van der Waals surface area contributed by atoms with Crippen LogP contribution >= 0.6 is 0 Å². The third-order valence-electron chi connectivity index (χ3n) is 1.58. The molecule has 0 radical (unpaired) electrons. The van der Waals surface area contributed by atoms with Crippen LogP contribution in [0.2, 0.25) is 0 Å². The highest BCUT2D eigenvalue weighted by Crippen LogP contribution is 2.20. The lowest BCUT2D eigenvalue weighted by Crippen LogP contribution is -2.08. The van der Waals surface area contributed by atoms with Crippen molar-refractivity contribution in [2.75, 3.05) is 11.1 Å². The maximum Gasteiger partial charge on any atom is 0.221 e. The van der Waals surface area contributed by atoms with Crippen molar-refractivity contribution < 1.29 is 9.18 Å². The molecule has 1 rings (SSSR count). The molecular weight excluding hydrogens is 171 g/mol. The molecule has 0 bridgehead atoms. The maximum atomic E-state index is 12.2. The zero-order valence-corrected chi connectivity index (χ0v) is 7.30. The second-order valence-electron chi connectivity index (χ2n) is 2.74. The van der Waals surface area contributed by atoms with E-state index in [0.717, 1.165) is 0 Å². The van der Waals surface area contributed by atoms with Crippen LogP contribution in [-0.2, 0) is 11.5 Å². The van der Waals surface area contributed by atoms with E-state index in [-0.39, 0.29) is 5.91 Å². The topological polar surface area (TPSA) is 55.1 Å². The highest BCUT2D eigenvalue weighted by Gasteiger charge is 2.01. The minimum absolute atomic E-state index is 0.195. The first-order chi connectivity index (χ1) is 6.13. The molecule has 3 N–H and O–H groups in total. The Balaban J connectivity index is 2.91. The molecule has 0 heterocycles. The average molecular weight is 182 g/mol. The number of halogens is 1. The van der Waals surface area contributed by atoms with Gasteiger partial charge in [-0.3, -0.25) is 4.79 Å². The van der Waals surface area contributed by atoms with Crippen molar-refractivity contribution in [3.8, 4) is 0 Å². The highest BCUT2D eigenvalue weighted by molar-refractivity contribution is 5.92. The summed E-state index contributed by atoms with van der Waals surface area (Å²) in [5.41, 5.74) is 6.97. The van der Waals surface area contributed by atoms with Crippen molar-refractivity contribution in [3.63, 3.8) is 0 Å². The minimum Gasteiger partial charge on any atom is -0.397 e. The molecule has 0 aromatic heterocycles. The predicted octanol–water partition coefficient (Wildman–Crippen LogP) is 1.70. The number of anilines is 2. The van der Waals surface area contributed by atoms with Crippen molar-refractivity contribution in [1.82, 2.24) is 0 Å². The van der Waals surface area contributed by atoms with Crippen LogP contribution in [-0.4, -0.2) is 5.91 Å². The third kappa shape index (κ3) is 2.43. The molecule has 0 saturated heterocycles. The Hall–Kier alpha value is -1.58. The summed E-state index contributed by atoms with van der Waals surface area (Å²) in [5, 5.41) is 2.54. The van der Waals surface area contributed by atoms with Crippen LogP contribution in [0.1, 0.15) is 12.5 Å². The number of benzene rings is 1. The number of amides is 1. The molecule has 4 heteroatoms. The van der Waals surface area contributed by atoms with E-state index in [4.69, 9.17) is 5.73 Å². The molecule has 0 unspecified atom stereocenters. The Morgan fingerprint density at radius 1 is 1.62 bits per heavy atom. The Morgan fingerprint density at radius 2 is 2.31 bits per heavy atom. The molecule has 0 aliphatic heterocycles. The zero-order valence-electron chi connectivity index (χ0n) is 7.30. The lowest BCUT2D eigenvalue weighted by atomic mass is 10.2. The van der Waals surface area contributed by atoms with Gasteiger partial charge >= 0.3 is 0 Å². The van der Waals surface area contributed by atoms with Gasteiger partial charge in [-0.15, -0.1) is 0 Å². The van der Waals surface area contributed by atoms with E-state index in [1.807, 2.05) is 0 Å². The predicted molar refractivity (Wildman–Crippen MR) is 50.0 cm³/mol. The maximum absolute atomic E-state index is 12.2. The fraction of sp³-hybridized carbons (Fsp3) is 0.222. The largest absolute Gasteiger partial charge is 0.397 e. The van der Waals surface area contributed by atoms with E-state index in [0.29, 0.717) is 16.9 Å². The average Bonchev–Trinajstić information content (AvgIpc) is 2.08. The molecule has 1 amide bonds. The molecule has 70 valence electrons. The first kappa shape index (κ1) is 9.51. The van der Waals surface area contributed by atoms with E-state index < -0.39 is 6.67 Å². The molecule has 0 saturated carbocycles. The summed E-state index contributed by atoms with van der Waals surface area (Å²) in [6.07, 6.45) is 0. The number of hydrogen-bond acceptors (Lipinski definition) is 2. The molecular formula is C9H11FN2O. The van der Waals surface area contributed by atoms with Gasteiger partial charge in [0.2, 0.25) is 5.91 Å². The highest BCUT2D eigenvalue weighted by atomic mass is 19.1. The smallest absolute Gasteiger partial charge is 0.221 e. The number of rotatable bonds is 2. The number of carbonyl (C=O) groups is 1. The van der Waals surface area contributed by atoms with Gasteiger partial charge < -0.3 is 11.1 Å². The van der Waals surface area contributed by atoms with E-state index >= 15 is 0 Å². The minimum atomic E-state index is -0.551. The van der Waals surface area contributed by atoms with Gasteiger partial charge in [0, 0.05) is 6.92 Å². The Morgan fingerprint density at radius 3 is 2.77 bits per heavy atom. The zero-order chi connectivity index (χ0) is 9.84. The van der Waals surface area contributed by atoms with E-state index in [1.165, 1.54) is 13.0 Å². The van der Waals surface area contributed by atoms with Gasteiger partial charge in [-0.1, -0.05) is 6.07 Å². The number of nitrogens with one attached hydrogen (secondary N) is 1. The summed E-state index contributed by atoms with van der Waals surface area (Å²) in [6, 6.07) is 4.68. The van der Waals surface area contributed by atoms with Crippen LogP contribution in [0.3, 0.4) is 0 Å². The fourth-order valence-corrected chi connectivity index (χ4v) is 0.999. The van der Waals surface area contributed by atoms with Gasteiger partial charge in [0.15, 0.2) is 0 Å². The van der Waals surface area contributed by atoms with Crippen molar-refractivity contribution >= 4 is 17.3 Å². The molecule has 0 aliphatic carbocycles. The van der Waals surface area contributed by atoms with Crippen LogP contribution in [0.4, 0.5) is 15.8 Å². The van der Waals surface area contributed by atoms with Crippen molar-refractivity contribution in [2.45, 2.75) is 13.6 Å². The lowest BCUT2D eigenvalue weighted by Gasteiger charge is -2.06. The van der Waals surface area contributed by atoms with Gasteiger partial charge in [0.1, 0.15) is 6.67 Å². The Bertz CT molecular complexity index is 325. The summed E-state index contributed by atoms with van der Waals surface area (Å²) in [5.74, 6) is -0.195. The number of hydrogen-bond donors (Lipinski definition) is 2. The molecule has 0 spiro atoms. The molecule has 1 aromatic rings. The monoisotopic (exact) mass is 182 g/mol. The molecule has 0 fully saturated rings.